The highest BCUT2D eigenvalue weighted by atomic mass is 16.3. The molecule has 0 aromatic heterocycles. The lowest BCUT2D eigenvalue weighted by atomic mass is 9.83. The van der Waals surface area contributed by atoms with Gasteiger partial charge in [0.05, 0.1) is 5.60 Å². The monoisotopic (exact) mass is 280 g/mol. The second-order valence-corrected chi connectivity index (χ2v) is 7.31. The third-order valence-corrected chi connectivity index (χ3v) is 4.91. The smallest absolute Gasteiger partial charge is 0.0927 e. The summed E-state index contributed by atoms with van der Waals surface area (Å²) in [4.78, 5) is 0. The summed E-state index contributed by atoms with van der Waals surface area (Å²) in [6.07, 6.45) is 1.91. The minimum Gasteiger partial charge on any atom is -0.385 e. The summed E-state index contributed by atoms with van der Waals surface area (Å²) in [6.45, 7) is 6.67. The molecule has 2 atom stereocenters. The SMILES string of the molecule is CC1CC(C)(C)CC1(O)c1ccc(-c2ccccc2)cc1. The number of hydrogen-bond acceptors (Lipinski definition) is 1. The molecular formula is C20H24O. The second kappa shape index (κ2) is 4.99. The van der Waals surface area contributed by atoms with Crippen LogP contribution in [0.1, 0.15) is 39.2 Å². The van der Waals surface area contributed by atoms with Crippen LogP contribution in [0.2, 0.25) is 0 Å². The van der Waals surface area contributed by atoms with Crippen molar-refractivity contribution in [2.24, 2.45) is 11.3 Å². The van der Waals surface area contributed by atoms with Crippen LogP contribution in [0.5, 0.6) is 0 Å². The van der Waals surface area contributed by atoms with E-state index in [-0.39, 0.29) is 5.41 Å². The third-order valence-electron chi connectivity index (χ3n) is 4.91. The fourth-order valence-electron chi connectivity index (χ4n) is 3.94. The van der Waals surface area contributed by atoms with Gasteiger partial charge < -0.3 is 5.11 Å². The zero-order chi connectivity index (χ0) is 15.1. The normalized spacial score (nSPS) is 27.7. The Labute approximate surface area is 127 Å². The van der Waals surface area contributed by atoms with Crippen molar-refractivity contribution in [1.29, 1.82) is 0 Å². The van der Waals surface area contributed by atoms with Crippen LogP contribution in [0.3, 0.4) is 0 Å². The molecule has 0 radical (unpaired) electrons. The van der Waals surface area contributed by atoms with E-state index >= 15 is 0 Å². The average Bonchev–Trinajstić information content (AvgIpc) is 2.69. The highest BCUT2D eigenvalue weighted by Crippen LogP contribution is 2.52. The minimum atomic E-state index is -0.682. The zero-order valence-corrected chi connectivity index (χ0v) is 13.1. The van der Waals surface area contributed by atoms with Crippen molar-refractivity contribution < 1.29 is 5.11 Å². The maximum Gasteiger partial charge on any atom is 0.0927 e. The Hall–Kier alpha value is -1.60. The van der Waals surface area contributed by atoms with Crippen LogP contribution in [0, 0.1) is 11.3 Å². The van der Waals surface area contributed by atoms with Crippen molar-refractivity contribution in [2.45, 2.75) is 39.2 Å². The number of benzene rings is 2. The van der Waals surface area contributed by atoms with E-state index < -0.39 is 5.60 Å². The highest BCUT2D eigenvalue weighted by Gasteiger charge is 2.48. The predicted octanol–water partition coefficient (Wildman–Crippen LogP) is 5.00. The molecule has 0 amide bonds. The summed E-state index contributed by atoms with van der Waals surface area (Å²) in [6, 6.07) is 18.8. The van der Waals surface area contributed by atoms with E-state index in [9.17, 15) is 5.11 Å². The quantitative estimate of drug-likeness (QED) is 0.821. The highest BCUT2D eigenvalue weighted by molar-refractivity contribution is 5.63. The molecule has 2 aromatic carbocycles. The standard InChI is InChI=1S/C20H24O/c1-15-13-19(2,3)14-20(15,21)18-11-9-17(10-12-18)16-7-5-4-6-8-16/h4-12,15,21H,13-14H2,1-3H3. The van der Waals surface area contributed by atoms with Gasteiger partial charge in [-0.15, -0.1) is 0 Å². The molecule has 1 heteroatoms. The Morgan fingerprint density at radius 1 is 0.905 bits per heavy atom. The number of aliphatic hydroxyl groups is 1. The molecule has 1 aliphatic carbocycles. The molecule has 1 aliphatic rings. The molecule has 1 fully saturated rings. The molecular weight excluding hydrogens is 256 g/mol. The molecule has 21 heavy (non-hydrogen) atoms. The molecule has 2 unspecified atom stereocenters. The predicted molar refractivity (Wildman–Crippen MR) is 88.0 cm³/mol. The Morgan fingerprint density at radius 3 is 2.00 bits per heavy atom. The molecule has 0 heterocycles. The molecule has 1 nitrogen and oxygen atoms in total. The van der Waals surface area contributed by atoms with Crippen LogP contribution in [0.4, 0.5) is 0 Å². The van der Waals surface area contributed by atoms with E-state index in [0.717, 1.165) is 18.4 Å². The molecule has 2 aromatic rings. The topological polar surface area (TPSA) is 20.2 Å². The van der Waals surface area contributed by atoms with Gasteiger partial charge in [0.15, 0.2) is 0 Å². The van der Waals surface area contributed by atoms with E-state index in [2.05, 4.69) is 69.3 Å². The number of hydrogen-bond donors (Lipinski definition) is 1. The zero-order valence-electron chi connectivity index (χ0n) is 13.1. The van der Waals surface area contributed by atoms with Gasteiger partial charge in [0.2, 0.25) is 0 Å². The summed E-state index contributed by atoms with van der Waals surface area (Å²) >= 11 is 0. The third kappa shape index (κ3) is 2.63. The summed E-state index contributed by atoms with van der Waals surface area (Å²) in [7, 11) is 0. The molecule has 1 saturated carbocycles. The molecule has 110 valence electrons. The molecule has 0 spiro atoms. The van der Waals surface area contributed by atoms with E-state index in [1.54, 1.807) is 0 Å². The summed E-state index contributed by atoms with van der Waals surface area (Å²) < 4.78 is 0. The summed E-state index contributed by atoms with van der Waals surface area (Å²) in [5, 5.41) is 11.1. The lowest BCUT2D eigenvalue weighted by Crippen LogP contribution is -2.29. The van der Waals surface area contributed by atoms with Gasteiger partial charge >= 0.3 is 0 Å². The first-order valence-corrected chi connectivity index (χ1v) is 7.79. The first-order chi connectivity index (χ1) is 9.91. The van der Waals surface area contributed by atoms with Gasteiger partial charge in [-0.2, -0.15) is 0 Å². The van der Waals surface area contributed by atoms with E-state index in [4.69, 9.17) is 0 Å². The lowest BCUT2D eigenvalue weighted by Gasteiger charge is -2.29. The fourth-order valence-corrected chi connectivity index (χ4v) is 3.94. The van der Waals surface area contributed by atoms with E-state index in [1.807, 2.05) is 6.07 Å². The van der Waals surface area contributed by atoms with Gasteiger partial charge in [-0.1, -0.05) is 75.4 Å². The summed E-state index contributed by atoms with van der Waals surface area (Å²) in [5.74, 6) is 0.301. The van der Waals surface area contributed by atoms with Crippen molar-refractivity contribution in [3.8, 4) is 11.1 Å². The maximum absolute atomic E-state index is 11.1. The Balaban J connectivity index is 1.91. The van der Waals surface area contributed by atoms with Crippen LogP contribution in [0.15, 0.2) is 54.6 Å². The van der Waals surface area contributed by atoms with Crippen molar-refractivity contribution in [3.05, 3.63) is 60.2 Å². The first kappa shape index (κ1) is 14.3. The van der Waals surface area contributed by atoms with Crippen LogP contribution < -0.4 is 0 Å². The largest absolute Gasteiger partial charge is 0.385 e. The van der Waals surface area contributed by atoms with Crippen molar-refractivity contribution in [1.82, 2.24) is 0 Å². The first-order valence-electron chi connectivity index (χ1n) is 7.79. The van der Waals surface area contributed by atoms with Gasteiger partial charge in [0.25, 0.3) is 0 Å². The summed E-state index contributed by atoms with van der Waals surface area (Å²) in [5.41, 5.74) is 3.01. The van der Waals surface area contributed by atoms with Crippen molar-refractivity contribution >= 4 is 0 Å². The molecule has 0 saturated heterocycles. The van der Waals surface area contributed by atoms with Gasteiger partial charge in [0, 0.05) is 0 Å². The Bertz CT molecular complexity index is 612. The lowest BCUT2D eigenvalue weighted by molar-refractivity contribution is -0.000828. The van der Waals surface area contributed by atoms with Crippen LogP contribution in [-0.2, 0) is 5.60 Å². The Kier molecular flexibility index (Phi) is 3.41. The molecule has 1 N–H and O–H groups in total. The average molecular weight is 280 g/mol. The van der Waals surface area contributed by atoms with Gasteiger partial charge in [0.1, 0.15) is 0 Å². The fraction of sp³-hybridized carbons (Fsp3) is 0.400. The Morgan fingerprint density at radius 2 is 1.48 bits per heavy atom. The maximum atomic E-state index is 11.1. The van der Waals surface area contributed by atoms with E-state index in [1.165, 1.54) is 11.1 Å². The molecule has 3 rings (SSSR count). The molecule has 0 bridgehead atoms. The van der Waals surface area contributed by atoms with Gasteiger partial charge in [-0.05, 0) is 40.9 Å². The van der Waals surface area contributed by atoms with Crippen LogP contribution in [-0.4, -0.2) is 5.11 Å². The van der Waals surface area contributed by atoms with E-state index in [0.29, 0.717) is 5.92 Å². The van der Waals surface area contributed by atoms with Crippen molar-refractivity contribution in [3.63, 3.8) is 0 Å². The minimum absolute atomic E-state index is 0.215. The van der Waals surface area contributed by atoms with Crippen LogP contribution in [0.25, 0.3) is 11.1 Å². The van der Waals surface area contributed by atoms with Crippen molar-refractivity contribution in [2.75, 3.05) is 0 Å². The number of rotatable bonds is 2. The molecule has 0 aliphatic heterocycles. The van der Waals surface area contributed by atoms with Gasteiger partial charge in [-0.25, -0.2) is 0 Å². The van der Waals surface area contributed by atoms with Gasteiger partial charge in [-0.3, -0.25) is 0 Å². The van der Waals surface area contributed by atoms with Crippen LogP contribution >= 0.6 is 0 Å². The second-order valence-electron chi connectivity index (χ2n) is 7.31.